The van der Waals surface area contributed by atoms with Crippen molar-refractivity contribution in [3.8, 4) is 0 Å². The molecule has 30 heavy (non-hydrogen) atoms. The minimum atomic E-state index is -4.27. The van der Waals surface area contributed by atoms with E-state index < -0.39 is 20.2 Å². The number of nitrogens with zero attached hydrogens (tertiary/aromatic N) is 1. The summed E-state index contributed by atoms with van der Waals surface area (Å²) in [6.07, 6.45) is 0. The fourth-order valence-corrected chi connectivity index (χ4v) is 3.94. The monoisotopic (exact) mass is 448 g/mol. The summed E-state index contributed by atoms with van der Waals surface area (Å²) in [5, 5.41) is 0. The molecule has 158 valence electrons. The Balaban J connectivity index is 1.91. The Morgan fingerprint density at radius 1 is 0.667 bits per heavy atom. The second kappa shape index (κ2) is 8.44. The molecule has 0 amide bonds. The molecule has 0 heterocycles. The first kappa shape index (κ1) is 21.8. The fourth-order valence-electron chi connectivity index (χ4n) is 2.98. The van der Waals surface area contributed by atoms with Crippen LogP contribution in [0.5, 0.6) is 0 Å². The standard InChI is InChI=1S/C20H20N2O6S2/c21-19-3-1-2-4-20(19)22(13-15-5-9-17(10-6-15)29(23,24)25)14-16-7-11-18(12-8-16)30(26,27)28/h1-12H,13-14,21H2,(H,23,24,25)(H,26,27,28). The number of rotatable bonds is 7. The van der Waals surface area contributed by atoms with E-state index in [2.05, 4.69) is 0 Å². The van der Waals surface area contributed by atoms with Crippen molar-refractivity contribution in [1.29, 1.82) is 0 Å². The zero-order chi connectivity index (χ0) is 21.9. The molecule has 3 aromatic carbocycles. The van der Waals surface area contributed by atoms with Gasteiger partial charge in [-0.25, -0.2) is 0 Å². The smallest absolute Gasteiger partial charge is 0.294 e. The van der Waals surface area contributed by atoms with Crippen molar-refractivity contribution in [1.82, 2.24) is 0 Å². The van der Waals surface area contributed by atoms with E-state index in [4.69, 9.17) is 14.8 Å². The lowest BCUT2D eigenvalue weighted by Gasteiger charge is -2.26. The summed E-state index contributed by atoms with van der Waals surface area (Å²) >= 11 is 0. The maximum absolute atomic E-state index is 11.2. The molecule has 0 aromatic heterocycles. The molecule has 3 aromatic rings. The summed E-state index contributed by atoms with van der Waals surface area (Å²) in [7, 11) is -8.55. The molecule has 0 aliphatic carbocycles. The van der Waals surface area contributed by atoms with Gasteiger partial charge in [0.2, 0.25) is 0 Å². The molecule has 0 aliphatic rings. The van der Waals surface area contributed by atoms with Crippen LogP contribution in [0.25, 0.3) is 0 Å². The van der Waals surface area contributed by atoms with E-state index in [-0.39, 0.29) is 9.79 Å². The van der Waals surface area contributed by atoms with Crippen LogP contribution < -0.4 is 10.6 Å². The van der Waals surface area contributed by atoms with Gasteiger partial charge in [-0.3, -0.25) is 9.11 Å². The number of hydrogen-bond acceptors (Lipinski definition) is 6. The highest BCUT2D eigenvalue weighted by atomic mass is 32.2. The van der Waals surface area contributed by atoms with Crippen LogP contribution in [0.1, 0.15) is 11.1 Å². The van der Waals surface area contributed by atoms with Gasteiger partial charge in [-0.2, -0.15) is 16.8 Å². The van der Waals surface area contributed by atoms with Gasteiger partial charge in [0.15, 0.2) is 0 Å². The van der Waals surface area contributed by atoms with Crippen LogP contribution in [0.4, 0.5) is 11.4 Å². The van der Waals surface area contributed by atoms with E-state index >= 15 is 0 Å². The van der Waals surface area contributed by atoms with E-state index in [0.717, 1.165) is 16.8 Å². The first-order valence-corrected chi connectivity index (χ1v) is 11.6. The summed E-state index contributed by atoms with van der Waals surface area (Å²) in [6.45, 7) is 0.750. The zero-order valence-corrected chi connectivity index (χ0v) is 17.3. The summed E-state index contributed by atoms with van der Waals surface area (Å²) in [5.41, 5.74) is 8.97. The number of nitrogens with two attached hydrogens (primary N) is 1. The van der Waals surface area contributed by atoms with Crippen LogP contribution in [-0.2, 0) is 33.3 Å². The van der Waals surface area contributed by atoms with Crippen LogP contribution in [0, 0.1) is 0 Å². The summed E-state index contributed by atoms with van der Waals surface area (Å²) in [4.78, 5) is 1.55. The molecule has 0 saturated heterocycles. The fraction of sp³-hybridized carbons (Fsp3) is 0.100. The molecule has 0 aliphatic heterocycles. The van der Waals surface area contributed by atoms with Crippen LogP contribution in [0.15, 0.2) is 82.6 Å². The molecular weight excluding hydrogens is 428 g/mol. The highest BCUT2D eigenvalue weighted by Crippen LogP contribution is 2.27. The van der Waals surface area contributed by atoms with Gasteiger partial charge in [0, 0.05) is 13.1 Å². The lowest BCUT2D eigenvalue weighted by atomic mass is 10.1. The molecule has 10 heteroatoms. The van der Waals surface area contributed by atoms with Crippen molar-refractivity contribution in [3.63, 3.8) is 0 Å². The highest BCUT2D eigenvalue weighted by Gasteiger charge is 2.14. The van der Waals surface area contributed by atoms with Crippen molar-refractivity contribution in [2.45, 2.75) is 22.9 Å². The number of anilines is 2. The van der Waals surface area contributed by atoms with Gasteiger partial charge in [-0.1, -0.05) is 36.4 Å². The van der Waals surface area contributed by atoms with Crippen molar-refractivity contribution in [3.05, 3.63) is 83.9 Å². The molecule has 0 bridgehead atoms. The van der Waals surface area contributed by atoms with E-state index in [1.165, 1.54) is 24.3 Å². The lowest BCUT2D eigenvalue weighted by molar-refractivity contribution is 0.481. The van der Waals surface area contributed by atoms with E-state index in [1.807, 2.05) is 17.0 Å². The maximum Gasteiger partial charge on any atom is 0.294 e. The van der Waals surface area contributed by atoms with Gasteiger partial charge < -0.3 is 10.6 Å². The molecule has 0 atom stereocenters. The van der Waals surface area contributed by atoms with Crippen LogP contribution in [-0.4, -0.2) is 25.9 Å². The Hall–Kier alpha value is -2.92. The molecular formula is C20H20N2O6S2. The normalized spacial score (nSPS) is 11.9. The second-order valence-corrected chi connectivity index (χ2v) is 9.50. The molecule has 0 fully saturated rings. The Bertz CT molecular complexity index is 1160. The Morgan fingerprint density at radius 2 is 1.07 bits per heavy atom. The minimum Gasteiger partial charge on any atom is -0.397 e. The third-order valence-electron chi connectivity index (χ3n) is 4.47. The Morgan fingerprint density at radius 3 is 1.43 bits per heavy atom. The largest absolute Gasteiger partial charge is 0.397 e. The third kappa shape index (κ3) is 5.36. The molecule has 3 rings (SSSR count). The zero-order valence-electron chi connectivity index (χ0n) is 15.7. The van der Waals surface area contributed by atoms with Crippen molar-refractivity contribution < 1.29 is 25.9 Å². The van der Waals surface area contributed by atoms with Gasteiger partial charge in [-0.05, 0) is 47.5 Å². The summed E-state index contributed by atoms with van der Waals surface area (Å²) < 4.78 is 63.2. The first-order chi connectivity index (χ1) is 14.0. The lowest BCUT2D eigenvalue weighted by Crippen LogP contribution is -2.23. The molecule has 8 nitrogen and oxygen atoms in total. The van der Waals surface area contributed by atoms with E-state index in [0.29, 0.717) is 18.8 Å². The van der Waals surface area contributed by atoms with Gasteiger partial charge in [-0.15, -0.1) is 0 Å². The molecule has 4 N–H and O–H groups in total. The van der Waals surface area contributed by atoms with Crippen molar-refractivity contribution in [2.75, 3.05) is 10.6 Å². The van der Waals surface area contributed by atoms with E-state index in [1.54, 1.807) is 36.4 Å². The predicted molar refractivity (Wildman–Crippen MR) is 113 cm³/mol. The number of nitrogen functional groups attached to an aromatic ring is 1. The van der Waals surface area contributed by atoms with Crippen LogP contribution in [0.3, 0.4) is 0 Å². The molecule has 0 radical (unpaired) electrons. The Kier molecular flexibility index (Phi) is 6.13. The van der Waals surface area contributed by atoms with E-state index in [9.17, 15) is 16.8 Å². The quantitative estimate of drug-likeness (QED) is 0.370. The number of benzene rings is 3. The van der Waals surface area contributed by atoms with Gasteiger partial charge >= 0.3 is 0 Å². The summed E-state index contributed by atoms with van der Waals surface area (Å²) in [5.74, 6) is 0. The average molecular weight is 449 g/mol. The van der Waals surface area contributed by atoms with Crippen molar-refractivity contribution in [2.24, 2.45) is 0 Å². The van der Waals surface area contributed by atoms with Crippen LogP contribution >= 0.6 is 0 Å². The predicted octanol–water partition coefficient (Wildman–Crippen LogP) is 2.97. The van der Waals surface area contributed by atoms with Crippen molar-refractivity contribution >= 4 is 31.6 Å². The molecule has 0 spiro atoms. The highest BCUT2D eigenvalue weighted by molar-refractivity contribution is 7.86. The van der Waals surface area contributed by atoms with Crippen LogP contribution in [0.2, 0.25) is 0 Å². The first-order valence-electron chi connectivity index (χ1n) is 8.76. The third-order valence-corrected chi connectivity index (χ3v) is 6.20. The average Bonchev–Trinajstić information content (AvgIpc) is 2.67. The SMILES string of the molecule is Nc1ccccc1N(Cc1ccc(S(=O)(=O)O)cc1)Cc1ccc(S(=O)(=O)O)cc1. The molecule has 0 saturated carbocycles. The van der Waals surface area contributed by atoms with Gasteiger partial charge in [0.1, 0.15) is 0 Å². The topological polar surface area (TPSA) is 138 Å². The summed E-state index contributed by atoms with van der Waals surface area (Å²) in [6, 6.07) is 18.9. The number of para-hydroxylation sites is 2. The maximum atomic E-state index is 11.2. The number of hydrogen-bond donors (Lipinski definition) is 3. The second-order valence-electron chi connectivity index (χ2n) is 6.65. The Labute approximate surface area is 175 Å². The molecule has 0 unspecified atom stereocenters. The van der Waals surface area contributed by atoms with Gasteiger partial charge in [0.25, 0.3) is 20.2 Å². The van der Waals surface area contributed by atoms with Gasteiger partial charge in [0.05, 0.1) is 21.2 Å². The minimum absolute atomic E-state index is 0.196.